The lowest BCUT2D eigenvalue weighted by Crippen LogP contribution is -1.92. The summed E-state index contributed by atoms with van der Waals surface area (Å²) in [7, 11) is 0. The number of carbonyl (C=O) groups is 1. The summed E-state index contributed by atoms with van der Waals surface area (Å²) in [6, 6.07) is 12.3. The highest BCUT2D eigenvalue weighted by atomic mass is 16.1. The molecule has 1 aliphatic rings. The van der Waals surface area contributed by atoms with E-state index in [1.165, 1.54) is 10.9 Å². The van der Waals surface area contributed by atoms with E-state index in [0.29, 0.717) is 18.1 Å². The number of hydrogen-bond donors (Lipinski definition) is 0. The Morgan fingerprint density at radius 2 is 1.93 bits per heavy atom. The first-order valence-electron chi connectivity index (χ1n) is 5.32. The molecule has 1 nitrogen and oxygen atoms in total. The van der Waals surface area contributed by atoms with Gasteiger partial charge < -0.3 is 0 Å². The number of carbonyl (C=O) groups excluding carboxylic acids is 1. The van der Waals surface area contributed by atoms with Gasteiger partial charge in [-0.1, -0.05) is 43.3 Å². The van der Waals surface area contributed by atoms with Gasteiger partial charge in [0.1, 0.15) is 0 Å². The van der Waals surface area contributed by atoms with Crippen LogP contribution >= 0.6 is 0 Å². The number of benzene rings is 2. The van der Waals surface area contributed by atoms with E-state index in [4.69, 9.17) is 0 Å². The number of fused-ring (bicyclic) bond motifs is 3. The fraction of sp³-hybridized carbons (Fsp3) is 0.214. The maximum atomic E-state index is 11.9. The van der Waals surface area contributed by atoms with Gasteiger partial charge in [-0.15, -0.1) is 0 Å². The zero-order chi connectivity index (χ0) is 10.4. The molecule has 1 aliphatic carbocycles. The van der Waals surface area contributed by atoms with Gasteiger partial charge in [-0.3, -0.25) is 4.79 Å². The zero-order valence-corrected chi connectivity index (χ0v) is 8.66. The minimum absolute atomic E-state index is 0.300. The molecule has 15 heavy (non-hydrogen) atoms. The average molecular weight is 196 g/mol. The Labute approximate surface area is 88.7 Å². The molecule has 0 bridgehead atoms. The molecule has 0 heterocycles. The quantitative estimate of drug-likeness (QED) is 0.630. The number of ketones is 1. The molecule has 1 heteroatoms. The van der Waals surface area contributed by atoms with Crippen LogP contribution in [0.1, 0.15) is 35.2 Å². The lowest BCUT2D eigenvalue weighted by atomic mass is 9.98. The molecule has 74 valence electrons. The Kier molecular flexibility index (Phi) is 1.69. The highest BCUT2D eigenvalue weighted by Gasteiger charge is 2.27. The minimum atomic E-state index is 0.300. The van der Waals surface area contributed by atoms with Crippen molar-refractivity contribution in [3.63, 3.8) is 0 Å². The molecule has 0 radical (unpaired) electrons. The first kappa shape index (κ1) is 8.66. The third-order valence-corrected chi connectivity index (χ3v) is 3.26. The second-order valence-corrected chi connectivity index (χ2v) is 4.28. The van der Waals surface area contributed by atoms with E-state index >= 15 is 0 Å². The van der Waals surface area contributed by atoms with Gasteiger partial charge in [0.05, 0.1) is 0 Å². The normalized spacial score (nSPS) is 19.5. The van der Waals surface area contributed by atoms with Crippen molar-refractivity contribution in [2.45, 2.75) is 19.3 Å². The number of Topliss-reactive ketones (excluding diaryl/α,β-unsaturated/α-hetero) is 1. The van der Waals surface area contributed by atoms with Crippen molar-refractivity contribution in [1.82, 2.24) is 0 Å². The van der Waals surface area contributed by atoms with Crippen molar-refractivity contribution >= 4 is 16.6 Å². The highest BCUT2D eigenvalue weighted by Crippen LogP contribution is 2.36. The molecule has 2 aromatic carbocycles. The largest absolute Gasteiger partial charge is 0.294 e. The lowest BCUT2D eigenvalue weighted by molar-refractivity contribution is 0.0991. The lowest BCUT2D eigenvalue weighted by Gasteiger charge is -2.05. The van der Waals surface area contributed by atoms with Crippen LogP contribution < -0.4 is 0 Å². The Bertz CT molecular complexity index is 554. The van der Waals surface area contributed by atoms with Gasteiger partial charge in [0.25, 0.3) is 0 Å². The first-order valence-corrected chi connectivity index (χ1v) is 5.32. The smallest absolute Gasteiger partial charge is 0.164 e. The fourth-order valence-corrected chi connectivity index (χ4v) is 2.50. The monoisotopic (exact) mass is 196 g/mol. The predicted molar refractivity (Wildman–Crippen MR) is 61.3 cm³/mol. The second-order valence-electron chi connectivity index (χ2n) is 4.28. The van der Waals surface area contributed by atoms with Gasteiger partial charge in [-0.2, -0.15) is 0 Å². The molecular formula is C14H12O. The summed E-state index contributed by atoms with van der Waals surface area (Å²) in [5, 5.41) is 2.28. The van der Waals surface area contributed by atoms with Gasteiger partial charge in [-0.25, -0.2) is 0 Å². The molecule has 0 saturated carbocycles. The van der Waals surface area contributed by atoms with Crippen molar-refractivity contribution in [1.29, 1.82) is 0 Å². The minimum Gasteiger partial charge on any atom is -0.294 e. The van der Waals surface area contributed by atoms with Gasteiger partial charge in [0.2, 0.25) is 0 Å². The van der Waals surface area contributed by atoms with E-state index < -0.39 is 0 Å². The highest BCUT2D eigenvalue weighted by molar-refractivity contribution is 6.12. The first-order chi connectivity index (χ1) is 7.27. The second kappa shape index (κ2) is 2.93. The van der Waals surface area contributed by atoms with Crippen molar-refractivity contribution < 1.29 is 4.79 Å². The van der Waals surface area contributed by atoms with E-state index in [9.17, 15) is 4.79 Å². The Hall–Kier alpha value is -1.63. The molecule has 0 aromatic heterocycles. The van der Waals surface area contributed by atoms with Crippen LogP contribution in [0.5, 0.6) is 0 Å². The third-order valence-electron chi connectivity index (χ3n) is 3.26. The van der Waals surface area contributed by atoms with Gasteiger partial charge in [-0.05, 0) is 22.3 Å². The maximum Gasteiger partial charge on any atom is 0.164 e. The summed E-state index contributed by atoms with van der Waals surface area (Å²) in [4.78, 5) is 11.9. The Morgan fingerprint density at radius 1 is 1.13 bits per heavy atom. The van der Waals surface area contributed by atoms with Crippen LogP contribution in [0.15, 0.2) is 36.4 Å². The number of rotatable bonds is 0. The summed E-state index contributed by atoms with van der Waals surface area (Å²) in [6.45, 7) is 2.12. The molecular weight excluding hydrogens is 184 g/mol. The van der Waals surface area contributed by atoms with Crippen LogP contribution in [-0.4, -0.2) is 5.78 Å². The Morgan fingerprint density at radius 3 is 2.80 bits per heavy atom. The van der Waals surface area contributed by atoms with Crippen molar-refractivity contribution in [2.24, 2.45) is 0 Å². The van der Waals surface area contributed by atoms with E-state index in [2.05, 4.69) is 25.1 Å². The summed E-state index contributed by atoms with van der Waals surface area (Å²) in [6.07, 6.45) is 0.670. The molecule has 0 aliphatic heterocycles. The molecule has 0 saturated heterocycles. The van der Waals surface area contributed by atoms with Crippen LogP contribution in [0.4, 0.5) is 0 Å². The number of hydrogen-bond acceptors (Lipinski definition) is 1. The molecule has 3 rings (SSSR count). The summed E-state index contributed by atoms with van der Waals surface area (Å²) in [5.41, 5.74) is 2.18. The van der Waals surface area contributed by atoms with E-state index in [-0.39, 0.29) is 0 Å². The van der Waals surface area contributed by atoms with Crippen molar-refractivity contribution in [2.75, 3.05) is 0 Å². The zero-order valence-electron chi connectivity index (χ0n) is 8.66. The molecule has 2 aromatic rings. The molecule has 0 unspecified atom stereocenters. The van der Waals surface area contributed by atoms with Crippen molar-refractivity contribution in [3.8, 4) is 0 Å². The third kappa shape index (κ3) is 1.13. The maximum absolute atomic E-state index is 11.9. The SMILES string of the molecule is C[C@H]1CC(=O)c2c1ccc1ccccc21. The van der Waals surface area contributed by atoms with Crippen LogP contribution in [0.3, 0.4) is 0 Å². The summed E-state index contributed by atoms with van der Waals surface area (Å²) >= 11 is 0. The molecule has 0 amide bonds. The van der Waals surface area contributed by atoms with Crippen molar-refractivity contribution in [3.05, 3.63) is 47.5 Å². The van der Waals surface area contributed by atoms with E-state index in [0.717, 1.165) is 10.9 Å². The molecule has 1 atom stereocenters. The van der Waals surface area contributed by atoms with E-state index in [1.807, 2.05) is 18.2 Å². The van der Waals surface area contributed by atoms with Gasteiger partial charge in [0, 0.05) is 12.0 Å². The molecule has 0 fully saturated rings. The average Bonchev–Trinajstić information content (AvgIpc) is 2.55. The van der Waals surface area contributed by atoms with Crippen LogP contribution in [0, 0.1) is 0 Å². The van der Waals surface area contributed by atoms with Gasteiger partial charge >= 0.3 is 0 Å². The fourth-order valence-electron chi connectivity index (χ4n) is 2.50. The van der Waals surface area contributed by atoms with Crippen LogP contribution in [0.25, 0.3) is 10.8 Å². The standard InChI is InChI=1S/C14H12O/c1-9-8-13(15)14-11(9)7-6-10-4-2-3-5-12(10)14/h2-7,9H,8H2,1H3/t9-/m0/s1. The molecule has 0 N–H and O–H groups in total. The topological polar surface area (TPSA) is 17.1 Å². The summed E-state index contributed by atoms with van der Waals surface area (Å²) in [5.74, 6) is 0.686. The van der Waals surface area contributed by atoms with Crippen LogP contribution in [0.2, 0.25) is 0 Å². The van der Waals surface area contributed by atoms with Gasteiger partial charge in [0.15, 0.2) is 5.78 Å². The van der Waals surface area contributed by atoms with E-state index in [1.54, 1.807) is 0 Å². The van der Waals surface area contributed by atoms with Crippen LogP contribution in [-0.2, 0) is 0 Å². The molecule has 0 spiro atoms. The Balaban J connectivity index is 2.44. The predicted octanol–water partition coefficient (Wildman–Crippen LogP) is 3.53. The summed E-state index contributed by atoms with van der Waals surface area (Å²) < 4.78 is 0.